The zero-order valence-electron chi connectivity index (χ0n) is 8.12. The van der Waals surface area contributed by atoms with Gasteiger partial charge < -0.3 is 9.72 Å². The molecule has 100 valence electrons. The normalized spacial score (nSPS) is 11.7. The molecule has 0 saturated carbocycles. The standard InChI is InChI=1S/C7H3F5N2O4/c8-5(9)3-2(18-7(10,11)12)1-13-6(15)4(3)14(16)17/h1,5H,(H,13,15). The minimum atomic E-state index is -5.32. The van der Waals surface area contributed by atoms with E-state index in [0.717, 1.165) is 0 Å². The number of ether oxygens (including phenoxy) is 1. The summed E-state index contributed by atoms with van der Waals surface area (Å²) in [6.45, 7) is 0. The van der Waals surface area contributed by atoms with Crippen LogP contribution in [0.3, 0.4) is 0 Å². The van der Waals surface area contributed by atoms with Crippen molar-refractivity contribution in [2.75, 3.05) is 0 Å². The van der Waals surface area contributed by atoms with Gasteiger partial charge in [0.2, 0.25) is 0 Å². The Hall–Kier alpha value is -2.20. The Morgan fingerprint density at radius 2 is 1.94 bits per heavy atom. The first-order valence-electron chi connectivity index (χ1n) is 4.07. The van der Waals surface area contributed by atoms with Crippen molar-refractivity contribution in [3.05, 3.63) is 32.2 Å². The second-order valence-electron chi connectivity index (χ2n) is 2.85. The second kappa shape index (κ2) is 4.58. The van der Waals surface area contributed by atoms with Crippen molar-refractivity contribution in [1.29, 1.82) is 0 Å². The van der Waals surface area contributed by atoms with Crippen LogP contribution in [0.2, 0.25) is 0 Å². The third-order valence-corrected chi connectivity index (χ3v) is 1.70. The van der Waals surface area contributed by atoms with E-state index in [1.165, 1.54) is 4.98 Å². The zero-order valence-corrected chi connectivity index (χ0v) is 8.12. The number of hydrogen-bond donors (Lipinski definition) is 1. The van der Waals surface area contributed by atoms with Crippen LogP contribution in [0.1, 0.15) is 12.0 Å². The molecule has 1 aromatic rings. The number of aromatic amines is 1. The maximum atomic E-state index is 12.5. The molecule has 18 heavy (non-hydrogen) atoms. The highest BCUT2D eigenvalue weighted by Crippen LogP contribution is 2.36. The summed E-state index contributed by atoms with van der Waals surface area (Å²) in [6.07, 6.45) is -8.81. The first kappa shape index (κ1) is 13.9. The number of halogens is 5. The van der Waals surface area contributed by atoms with Crippen molar-refractivity contribution >= 4 is 5.69 Å². The predicted molar refractivity (Wildman–Crippen MR) is 45.4 cm³/mol. The number of pyridine rings is 1. The van der Waals surface area contributed by atoms with Crippen LogP contribution >= 0.6 is 0 Å². The molecule has 1 N–H and O–H groups in total. The summed E-state index contributed by atoms with van der Waals surface area (Å²) in [7, 11) is 0. The molecule has 1 aromatic heterocycles. The van der Waals surface area contributed by atoms with Gasteiger partial charge in [0.25, 0.3) is 6.43 Å². The smallest absolute Gasteiger partial charge is 0.403 e. The lowest BCUT2D eigenvalue weighted by Gasteiger charge is -2.12. The van der Waals surface area contributed by atoms with Gasteiger partial charge in [-0.15, -0.1) is 13.2 Å². The summed E-state index contributed by atoms with van der Waals surface area (Å²) in [5.41, 5.74) is -4.96. The Balaban J connectivity index is 3.49. The SMILES string of the molecule is O=c1[nH]cc(OC(F)(F)F)c(C(F)F)c1[N+](=O)[O-]. The van der Waals surface area contributed by atoms with E-state index < -0.39 is 40.3 Å². The fourth-order valence-corrected chi connectivity index (χ4v) is 1.12. The van der Waals surface area contributed by atoms with Crippen LogP contribution in [0, 0.1) is 10.1 Å². The Bertz CT molecular complexity index is 524. The molecular weight excluding hydrogens is 271 g/mol. The lowest BCUT2D eigenvalue weighted by Crippen LogP contribution is -2.21. The molecule has 11 heteroatoms. The lowest BCUT2D eigenvalue weighted by molar-refractivity contribution is -0.388. The summed E-state index contributed by atoms with van der Waals surface area (Å²) < 4.78 is 63.9. The van der Waals surface area contributed by atoms with Crippen LogP contribution in [0.25, 0.3) is 0 Å². The monoisotopic (exact) mass is 274 g/mol. The average molecular weight is 274 g/mol. The molecule has 6 nitrogen and oxygen atoms in total. The van der Waals surface area contributed by atoms with Gasteiger partial charge in [-0.25, -0.2) is 8.78 Å². The van der Waals surface area contributed by atoms with E-state index in [1.807, 2.05) is 0 Å². The van der Waals surface area contributed by atoms with Gasteiger partial charge in [-0.1, -0.05) is 0 Å². The van der Waals surface area contributed by atoms with Crippen molar-refractivity contribution in [2.45, 2.75) is 12.8 Å². The molecule has 0 spiro atoms. The molecule has 0 atom stereocenters. The first-order valence-corrected chi connectivity index (χ1v) is 4.07. The van der Waals surface area contributed by atoms with Crippen molar-refractivity contribution in [3.8, 4) is 5.75 Å². The number of alkyl halides is 5. The maximum Gasteiger partial charge on any atom is 0.573 e. The van der Waals surface area contributed by atoms with Crippen LogP contribution in [0.15, 0.2) is 11.0 Å². The molecule has 1 heterocycles. The van der Waals surface area contributed by atoms with Gasteiger partial charge in [0, 0.05) is 6.20 Å². The molecule has 0 fully saturated rings. The highest BCUT2D eigenvalue weighted by Gasteiger charge is 2.37. The molecular formula is C7H3F5N2O4. The van der Waals surface area contributed by atoms with Crippen LogP contribution in [0.5, 0.6) is 5.75 Å². The minimum Gasteiger partial charge on any atom is -0.403 e. The summed E-state index contributed by atoms with van der Waals surface area (Å²) in [5, 5.41) is 10.4. The number of hydrogen-bond acceptors (Lipinski definition) is 4. The Morgan fingerprint density at radius 1 is 1.39 bits per heavy atom. The molecule has 0 radical (unpaired) electrons. The van der Waals surface area contributed by atoms with Crippen LogP contribution in [-0.4, -0.2) is 16.3 Å². The van der Waals surface area contributed by atoms with E-state index in [9.17, 15) is 36.9 Å². The number of nitrogens with one attached hydrogen (secondary N) is 1. The van der Waals surface area contributed by atoms with Gasteiger partial charge in [0.05, 0.1) is 4.92 Å². The maximum absolute atomic E-state index is 12.5. The van der Waals surface area contributed by atoms with E-state index in [1.54, 1.807) is 0 Å². The van der Waals surface area contributed by atoms with Gasteiger partial charge >= 0.3 is 17.6 Å². The summed E-state index contributed by atoms with van der Waals surface area (Å²) in [4.78, 5) is 21.3. The number of nitro groups is 1. The molecule has 0 aliphatic heterocycles. The van der Waals surface area contributed by atoms with Gasteiger partial charge in [-0.2, -0.15) is 0 Å². The number of rotatable bonds is 3. The fraction of sp³-hybridized carbons (Fsp3) is 0.286. The van der Waals surface area contributed by atoms with E-state index in [-0.39, 0.29) is 6.20 Å². The van der Waals surface area contributed by atoms with Gasteiger partial charge in [0.1, 0.15) is 5.56 Å². The van der Waals surface area contributed by atoms with Gasteiger partial charge in [-0.05, 0) is 0 Å². The Kier molecular flexibility index (Phi) is 3.53. The van der Waals surface area contributed by atoms with Crippen molar-refractivity contribution in [1.82, 2.24) is 4.98 Å². The molecule has 0 aliphatic rings. The average Bonchev–Trinajstić information content (AvgIpc) is 2.17. The van der Waals surface area contributed by atoms with Crippen LogP contribution in [-0.2, 0) is 0 Å². The first-order chi connectivity index (χ1) is 8.13. The fourth-order valence-electron chi connectivity index (χ4n) is 1.12. The van der Waals surface area contributed by atoms with Crippen LogP contribution in [0.4, 0.5) is 27.6 Å². The lowest BCUT2D eigenvalue weighted by atomic mass is 10.2. The third-order valence-electron chi connectivity index (χ3n) is 1.70. The molecule has 0 unspecified atom stereocenters. The third kappa shape index (κ3) is 2.93. The van der Waals surface area contributed by atoms with Gasteiger partial charge in [-0.3, -0.25) is 14.9 Å². The zero-order chi connectivity index (χ0) is 14.1. The van der Waals surface area contributed by atoms with Crippen molar-refractivity contribution in [3.63, 3.8) is 0 Å². The van der Waals surface area contributed by atoms with E-state index >= 15 is 0 Å². The summed E-state index contributed by atoms with van der Waals surface area (Å²) >= 11 is 0. The number of nitrogens with zero attached hydrogens (tertiary/aromatic N) is 1. The highest BCUT2D eigenvalue weighted by molar-refractivity contribution is 5.47. The summed E-state index contributed by atoms with van der Waals surface area (Å²) in [6, 6.07) is 0. The topological polar surface area (TPSA) is 85.2 Å². The molecule has 0 aromatic carbocycles. The van der Waals surface area contributed by atoms with Crippen molar-refractivity contribution < 1.29 is 31.6 Å². The second-order valence-corrected chi connectivity index (χ2v) is 2.85. The van der Waals surface area contributed by atoms with Crippen molar-refractivity contribution in [2.24, 2.45) is 0 Å². The summed E-state index contributed by atoms with van der Waals surface area (Å²) in [5.74, 6) is -1.52. The number of aromatic nitrogens is 1. The Morgan fingerprint density at radius 3 is 2.33 bits per heavy atom. The highest BCUT2D eigenvalue weighted by atomic mass is 19.4. The van der Waals surface area contributed by atoms with Gasteiger partial charge in [0.15, 0.2) is 5.75 Å². The molecule has 0 bridgehead atoms. The van der Waals surface area contributed by atoms with E-state index in [0.29, 0.717) is 0 Å². The molecule has 0 aliphatic carbocycles. The molecule has 0 saturated heterocycles. The minimum absolute atomic E-state index is 0.185. The quantitative estimate of drug-likeness (QED) is 0.519. The number of H-pyrrole nitrogens is 1. The van der Waals surface area contributed by atoms with E-state index in [4.69, 9.17) is 0 Å². The molecule has 0 amide bonds. The largest absolute Gasteiger partial charge is 0.573 e. The van der Waals surface area contributed by atoms with E-state index in [2.05, 4.69) is 4.74 Å². The Labute approximate surface area is 94.1 Å². The predicted octanol–water partition coefficient (Wildman–Crippen LogP) is 2.12. The molecule has 1 rings (SSSR count). The van der Waals surface area contributed by atoms with Crippen LogP contribution < -0.4 is 10.3 Å².